The van der Waals surface area contributed by atoms with Crippen molar-refractivity contribution in [2.75, 3.05) is 5.32 Å². The van der Waals surface area contributed by atoms with Crippen LogP contribution in [0, 0.1) is 27.7 Å². The number of anilines is 1. The molecule has 0 aliphatic rings. The SMILES string of the molecule is Cc1cccc(NC(=O)[C@@H](C)n2nc(C)c3c(C)n(-c4ccccc4)nc3c2=O)c1C. The Hall–Kier alpha value is -3.74. The second-order valence-electron chi connectivity index (χ2n) is 7.80. The van der Waals surface area contributed by atoms with Gasteiger partial charge in [0.15, 0.2) is 5.52 Å². The Labute approximate surface area is 180 Å². The van der Waals surface area contributed by atoms with Crippen molar-refractivity contribution in [3.8, 4) is 5.69 Å². The molecular weight excluding hydrogens is 390 g/mol. The normalized spacial score (nSPS) is 12.2. The van der Waals surface area contributed by atoms with Gasteiger partial charge in [-0.2, -0.15) is 10.2 Å². The van der Waals surface area contributed by atoms with E-state index < -0.39 is 6.04 Å². The molecule has 0 radical (unpaired) electrons. The van der Waals surface area contributed by atoms with Crippen LogP contribution >= 0.6 is 0 Å². The summed E-state index contributed by atoms with van der Waals surface area (Å²) in [5.41, 5.74) is 5.08. The number of nitrogens with one attached hydrogen (secondary N) is 1. The highest BCUT2D eigenvalue weighted by molar-refractivity contribution is 5.94. The van der Waals surface area contributed by atoms with Gasteiger partial charge < -0.3 is 5.32 Å². The number of benzene rings is 2. The first-order valence-electron chi connectivity index (χ1n) is 10.2. The molecule has 0 aliphatic carbocycles. The summed E-state index contributed by atoms with van der Waals surface area (Å²) in [6.45, 7) is 9.36. The van der Waals surface area contributed by atoms with Gasteiger partial charge in [0.1, 0.15) is 6.04 Å². The van der Waals surface area contributed by atoms with Crippen LogP contribution in [0.1, 0.15) is 35.5 Å². The van der Waals surface area contributed by atoms with Gasteiger partial charge in [-0.05, 0) is 63.9 Å². The van der Waals surface area contributed by atoms with Gasteiger partial charge in [-0.25, -0.2) is 9.36 Å². The van der Waals surface area contributed by atoms with Crippen molar-refractivity contribution >= 4 is 22.5 Å². The number of fused-ring (bicyclic) bond motifs is 1. The van der Waals surface area contributed by atoms with Crippen LogP contribution in [-0.4, -0.2) is 25.5 Å². The zero-order chi connectivity index (χ0) is 22.3. The van der Waals surface area contributed by atoms with Crippen molar-refractivity contribution in [1.29, 1.82) is 0 Å². The number of carbonyl (C=O) groups excluding carboxylic acids is 1. The maximum absolute atomic E-state index is 13.2. The lowest BCUT2D eigenvalue weighted by molar-refractivity contribution is -0.119. The first kappa shape index (κ1) is 20.5. The van der Waals surface area contributed by atoms with E-state index in [1.165, 1.54) is 4.68 Å². The molecule has 31 heavy (non-hydrogen) atoms. The predicted molar refractivity (Wildman–Crippen MR) is 122 cm³/mol. The van der Waals surface area contributed by atoms with E-state index in [1.807, 2.05) is 76.2 Å². The Morgan fingerprint density at radius 2 is 1.68 bits per heavy atom. The fourth-order valence-corrected chi connectivity index (χ4v) is 3.77. The Bertz CT molecular complexity index is 1350. The lowest BCUT2D eigenvalue weighted by Crippen LogP contribution is -2.34. The van der Waals surface area contributed by atoms with E-state index in [-0.39, 0.29) is 11.5 Å². The van der Waals surface area contributed by atoms with E-state index in [0.717, 1.165) is 28.2 Å². The molecule has 0 fully saturated rings. The molecule has 4 rings (SSSR count). The fourth-order valence-electron chi connectivity index (χ4n) is 3.77. The van der Waals surface area contributed by atoms with Gasteiger partial charge >= 0.3 is 0 Å². The van der Waals surface area contributed by atoms with E-state index in [0.29, 0.717) is 16.6 Å². The molecule has 4 aromatic rings. The second-order valence-corrected chi connectivity index (χ2v) is 7.80. The van der Waals surface area contributed by atoms with Crippen molar-refractivity contribution in [2.45, 2.75) is 40.7 Å². The van der Waals surface area contributed by atoms with Gasteiger partial charge in [0, 0.05) is 5.69 Å². The summed E-state index contributed by atoms with van der Waals surface area (Å²) in [6.07, 6.45) is 0. The molecule has 0 saturated carbocycles. The van der Waals surface area contributed by atoms with E-state index in [9.17, 15) is 9.59 Å². The minimum absolute atomic E-state index is 0.304. The number of carbonyl (C=O) groups is 1. The van der Waals surface area contributed by atoms with E-state index in [1.54, 1.807) is 11.6 Å². The first-order valence-corrected chi connectivity index (χ1v) is 10.2. The average Bonchev–Trinajstić information content (AvgIpc) is 3.12. The van der Waals surface area contributed by atoms with Crippen molar-refractivity contribution in [1.82, 2.24) is 19.6 Å². The summed E-state index contributed by atoms with van der Waals surface area (Å²) in [6, 6.07) is 14.6. The summed E-state index contributed by atoms with van der Waals surface area (Å²) in [7, 11) is 0. The van der Waals surface area contributed by atoms with Crippen LogP contribution in [0.3, 0.4) is 0 Å². The van der Waals surface area contributed by atoms with Crippen LogP contribution in [-0.2, 0) is 4.79 Å². The number of hydrogen-bond donors (Lipinski definition) is 1. The fraction of sp³-hybridized carbons (Fsp3) is 0.250. The number of aromatic nitrogens is 4. The summed E-state index contributed by atoms with van der Waals surface area (Å²) in [4.78, 5) is 26.2. The first-order chi connectivity index (χ1) is 14.8. The molecule has 158 valence electrons. The van der Waals surface area contributed by atoms with Crippen LogP contribution in [0.5, 0.6) is 0 Å². The van der Waals surface area contributed by atoms with Gasteiger partial charge in [0.25, 0.3) is 5.56 Å². The minimum Gasteiger partial charge on any atom is -0.324 e. The highest BCUT2D eigenvalue weighted by Crippen LogP contribution is 2.23. The standard InChI is InChI=1S/C24H25N5O2/c1-14-10-9-13-20(15(14)2)25-23(30)18(5)29-24(31)22-21(16(3)26-29)17(4)28(27-22)19-11-7-6-8-12-19/h6-13,18H,1-5H3,(H,25,30)/t18-/m1/s1. The second kappa shape index (κ2) is 7.83. The summed E-state index contributed by atoms with van der Waals surface area (Å²) >= 11 is 0. The van der Waals surface area contributed by atoms with Crippen molar-refractivity contribution in [3.63, 3.8) is 0 Å². The smallest absolute Gasteiger partial charge is 0.295 e. The van der Waals surface area contributed by atoms with Crippen LogP contribution in [0.25, 0.3) is 16.6 Å². The molecule has 1 amide bonds. The average molecular weight is 415 g/mol. The highest BCUT2D eigenvalue weighted by atomic mass is 16.2. The maximum atomic E-state index is 13.2. The third-order valence-electron chi connectivity index (χ3n) is 5.76. The topological polar surface area (TPSA) is 81.8 Å². The Morgan fingerprint density at radius 1 is 0.968 bits per heavy atom. The largest absolute Gasteiger partial charge is 0.324 e. The van der Waals surface area contributed by atoms with Crippen LogP contribution in [0.2, 0.25) is 0 Å². The number of para-hydroxylation sites is 1. The van der Waals surface area contributed by atoms with Crippen molar-refractivity contribution in [3.05, 3.63) is 81.4 Å². The lowest BCUT2D eigenvalue weighted by Gasteiger charge is -2.16. The molecule has 0 aliphatic heterocycles. The summed E-state index contributed by atoms with van der Waals surface area (Å²) < 4.78 is 2.96. The minimum atomic E-state index is -0.794. The maximum Gasteiger partial charge on any atom is 0.295 e. The number of rotatable bonds is 4. The number of amides is 1. The third kappa shape index (κ3) is 3.52. The number of nitrogens with zero attached hydrogens (tertiary/aromatic N) is 4. The predicted octanol–water partition coefficient (Wildman–Crippen LogP) is 4.02. The molecule has 7 heteroatoms. The van der Waals surface area contributed by atoms with E-state index in [2.05, 4.69) is 15.5 Å². The van der Waals surface area contributed by atoms with Gasteiger partial charge in [0.05, 0.1) is 22.5 Å². The Balaban J connectivity index is 1.76. The Morgan fingerprint density at radius 3 is 2.39 bits per heavy atom. The lowest BCUT2D eigenvalue weighted by atomic mass is 10.1. The molecule has 0 saturated heterocycles. The third-order valence-corrected chi connectivity index (χ3v) is 5.76. The molecule has 1 atom stereocenters. The highest BCUT2D eigenvalue weighted by Gasteiger charge is 2.23. The molecule has 0 spiro atoms. The molecule has 2 aromatic heterocycles. The molecule has 0 unspecified atom stereocenters. The van der Waals surface area contributed by atoms with Gasteiger partial charge in [-0.1, -0.05) is 30.3 Å². The van der Waals surface area contributed by atoms with E-state index >= 15 is 0 Å². The van der Waals surface area contributed by atoms with Crippen molar-refractivity contribution < 1.29 is 4.79 Å². The monoisotopic (exact) mass is 415 g/mol. The zero-order valence-electron chi connectivity index (χ0n) is 18.3. The van der Waals surface area contributed by atoms with Gasteiger partial charge in [-0.3, -0.25) is 9.59 Å². The molecule has 0 bridgehead atoms. The molecule has 2 heterocycles. The number of aryl methyl sites for hydroxylation is 3. The summed E-state index contributed by atoms with van der Waals surface area (Å²) in [5.74, 6) is -0.304. The van der Waals surface area contributed by atoms with Crippen LogP contribution < -0.4 is 10.9 Å². The van der Waals surface area contributed by atoms with Crippen LogP contribution in [0.4, 0.5) is 5.69 Å². The van der Waals surface area contributed by atoms with Crippen LogP contribution in [0.15, 0.2) is 53.3 Å². The van der Waals surface area contributed by atoms with Gasteiger partial charge in [-0.15, -0.1) is 0 Å². The van der Waals surface area contributed by atoms with Crippen molar-refractivity contribution in [2.24, 2.45) is 0 Å². The molecule has 1 N–H and O–H groups in total. The molecule has 2 aromatic carbocycles. The van der Waals surface area contributed by atoms with E-state index in [4.69, 9.17) is 0 Å². The molecule has 7 nitrogen and oxygen atoms in total. The number of hydrogen-bond acceptors (Lipinski definition) is 4. The van der Waals surface area contributed by atoms with Gasteiger partial charge in [0.2, 0.25) is 5.91 Å². The summed E-state index contributed by atoms with van der Waals surface area (Å²) in [5, 5.41) is 12.7. The quantitative estimate of drug-likeness (QED) is 0.546. The Kier molecular flexibility index (Phi) is 5.19. The molecular formula is C24H25N5O2. The zero-order valence-corrected chi connectivity index (χ0v) is 18.3.